The van der Waals surface area contributed by atoms with Gasteiger partial charge in [-0.25, -0.2) is 0 Å². The van der Waals surface area contributed by atoms with Crippen LogP contribution >= 0.6 is 23.2 Å². The summed E-state index contributed by atoms with van der Waals surface area (Å²) in [5.74, 6) is 0.178. The van der Waals surface area contributed by atoms with E-state index < -0.39 is 0 Å². The molecule has 0 amide bonds. The Balaban J connectivity index is 2.84. The van der Waals surface area contributed by atoms with Gasteiger partial charge in [0.25, 0.3) is 0 Å². The van der Waals surface area contributed by atoms with Crippen LogP contribution in [-0.4, -0.2) is 7.11 Å². The average molecular weight is 294 g/mol. The minimum absolute atomic E-state index is 0.102. The van der Waals surface area contributed by atoms with Crippen LogP contribution in [0.3, 0.4) is 0 Å². The van der Waals surface area contributed by atoms with E-state index in [2.05, 4.69) is 5.32 Å². The fraction of sp³-hybridized carbons (Fsp3) is 0.0769. The Morgan fingerprint density at radius 3 is 2.47 bits per heavy atom. The second kappa shape index (κ2) is 7.33. The van der Waals surface area contributed by atoms with Crippen molar-refractivity contribution in [3.8, 4) is 12.1 Å². The molecule has 1 rings (SSSR count). The summed E-state index contributed by atoms with van der Waals surface area (Å²) >= 11 is 11.7. The van der Waals surface area contributed by atoms with Gasteiger partial charge in [-0.2, -0.15) is 10.5 Å². The van der Waals surface area contributed by atoms with E-state index in [1.54, 1.807) is 30.3 Å². The number of nitriles is 2. The topological polar surface area (TPSA) is 68.8 Å². The highest BCUT2D eigenvalue weighted by atomic mass is 35.5. The lowest BCUT2D eigenvalue weighted by Gasteiger charge is -2.03. The first-order chi connectivity index (χ1) is 9.12. The predicted molar refractivity (Wildman–Crippen MR) is 74.5 cm³/mol. The molecule has 0 aliphatic heterocycles. The summed E-state index contributed by atoms with van der Waals surface area (Å²) in [5, 5.41) is 21.2. The number of rotatable bonds is 4. The van der Waals surface area contributed by atoms with Gasteiger partial charge in [0, 0.05) is 11.9 Å². The molecule has 0 aliphatic carbocycles. The van der Waals surface area contributed by atoms with E-state index >= 15 is 0 Å². The lowest BCUT2D eigenvalue weighted by atomic mass is 10.2. The van der Waals surface area contributed by atoms with E-state index in [-0.39, 0.29) is 11.3 Å². The highest BCUT2D eigenvalue weighted by Crippen LogP contribution is 2.25. The standard InChI is InChI=1S/C13H9Cl2N3O/c1-19-13(9(7-16)8-17)4-5-18-10-2-3-11(14)12(15)6-10/h2-6,18H,1H3/b5-4+. The zero-order valence-electron chi connectivity index (χ0n) is 9.95. The van der Waals surface area contributed by atoms with Crippen molar-refractivity contribution in [2.75, 3.05) is 12.4 Å². The molecule has 19 heavy (non-hydrogen) atoms. The van der Waals surface area contributed by atoms with Gasteiger partial charge < -0.3 is 10.1 Å². The van der Waals surface area contributed by atoms with Crippen LogP contribution in [-0.2, 0) is 4.74 Å². The lowest BCUT2D eigenvalue weighted by molar-refractivity contribution is 0.305. The van der Waals surface area contributed by atoms with E-state index in [4.69, 9.17) is 38.5 Å². The van der Waals surface area contributed by atoms with Crippen molar-refractivity contribution in [3.63, 3.8) is 0 Å². The second-order valence-electron chi connectivity index (χ2n) is 3.27. The van der Waals surface area contributed by atoms with Crippen molar-refractivity contribution in [1.29, 1.82) is 10.5 Å². The summed E-state index contributed by atoms with van der Waals surface area (Å²) in [6, 6.07) is 8.54. The highest BCUT2D eigenvalue weighted by molar-refractivity contribution is 6.42. The molecule has 0 bridgehead atoms. The van der Waals surface area contributed by atoms with Crippen molar-refractivity contribution < 1.29 is 4.74 Å². The third-order valence-corrected chi connectivity index (χ3v) is 2.83. The van der Waals surface area contributed by atoms with Crippen LogP contribution in [0.25, 0.3) is 0 Å². The van der Waals surface area contributed by atoms with E-state index in [9.17, 15) is 0 Å². The molecular weight excluding hydrogens is 285 g/mol. The van der Waals surface area contributed by atoms with Crippen LogP contribution in [0.4, 0.5) is 5.69 Å². The maximum Gasteiger partial charge on any atom is 0.171 e. The van der Waals surface area contributed by atoms with Gasteiger partial charge in [-0.1, -0.05) is 23.2 Å². The summed E-state index contributed by atoms with van der Waals surface area (Å²) in [6.07, 6.45) is 3.01. The molecule has 1 aromatic carbocycles. The summed E-state index contributed by atoms with van der Waals surface area (Å²) in [6.45, 7) is 0. The summed E-state index contributed by atoms with van der Waals surface area (Å²) in [5.41, 5.74) is 0.617. The van der Waals surface area contributed by atoms with Crippen LogP contribution < -0.4 is 5.32 Å². The normalized spacial score (nSPS) is 9.53. The van der Waals surface area contributed by atoms with Gasteiger partial charge in [-0.15, -0.1) is 0 Å². The monoisotopic (exact) mass is 293 g/mol. The summed E-state index contributed by atoms with van der Waals surface area (Å²) < 4.78 is 4.94. The van der Waals surface area contributed by atoms with Crippen molar-refractivity contribution in [1.82, 2.24) is 0 Å². The number of benzene rings is 1. The predicted octanol–water partition coefficient (Wildman–Crippen LogP) is 3.87. The molecule has 0 heterocycles. The van der Waals surface area contributed by atoms with E-state index in [1.165, 1.54) is 19.4 Å². The number of nitrogens with zero attached hydrogens (tertiary/aromatic N) is 2. The maximum atomic E-state index is 8.71. The van der Waals surface area contributed by atoms with Crippen molar-refractivity contribution in [3.05, 3.63) is 51.9 Å². The largest absolute Gasteiger partial charge is 0.495 e. The van der Waals surface area contributed by atoms with Gasteiger partial charge >= 0.3 is 0 Å². The zero-order valence-corrected chi connectivity index (χ0v) is 11.5. The Bertz CT molecular complexity index is 593. The van der Waals surface area contributed by atoms with Crippen LogP contribution in [0.1, 0.15) is 0 Å². The number of anilines is 1. The van der Waals surface area contributed by atoms with E-state index in [0.717, 1.165) is 5.69 Å². The Morgan fingerprint density at radius 1 is 1.26 bits per heavy atom. The van der Waals surface area contributed by atoms with Gasteiger partial charge in [0.15, 0.2) is 5.57 Å². The number of nitrogens with one attached hydrogen (secondary N) is 1. The number of hydrogen-bond donors (Lipinski definition) is 1. The minimum Gasteiger partial charge on any atom is -0.495 e. The zero-order chi connectivity index (χ0) is 14.3. The number of hydrogen-bond acceptors (Lipinski definition) is 4. The first-order valence-corrected chi connectivity index (χ1v) is 5.84. The SMILES string of the molecule is COC(/C=C/Nc1ccc(Cl)c(Cl)c1)=C(C#N)C#N. The minimum atomic E-state index is -0.102. The Morgan fingerprint density at radius 2 is 1.95 bits per heavy atom. The molecule has 0 aromatic heterocycles. The molecule has 0 spiro atoms. The van der Waals surface area contributed by atoms with Crippen molar-refractivity contribution in [2.45, 2.75) is 0 Å². The third kappa shape index (κ3) is 4.22. The fourth-order valence-electron chi connectivity index (χ4n) is 1.19. The van der Waals surface area contributed by atoms with Gasteiger partial charge in [-0.05, 0) is 24.3 Å². The Hall–Kier alpha value is -2.14. The first-order valence-electron chi connectivity index (χ1n) is 5.09. The molecule has 0 unspecified atom stereocenters. The van der Waals surface area contributed by atoms with Gasteiger partial charge in [0.2, 0.25) is 0 Å². The number of methoxy groups -OCH3 is 1. The smallest absolute Gasteiger partial charge is 0.171 e. The molecule has 0 saturated heterocycles. The molecule has 96 valence electrons. The van der Waals surface area contributed by atoms with E-state index in [1.807, 2.05) is 0 Å². The van der Waals surface area contributed by atoms with Crippen LogP contribution in [0.15, 0.2) is 41.8 Å². The third-order valence-electron chi connectivity index (χ3n) is 2.09. The molecule has 0 atom stereocenters. The number of ether oxygens (including phenoxy) is 1. The molecule has 0 aliphatic rings. The number of halogens is 2. The Labute approximate surface area is 121 Å². The van der Waals surface area contributed by atoms with Crippen molar-refractivity contribution >= 4 is 28.9 Å². The fourth-order valence-corrected chi connectivity index (χ4v) is 1.49. The van der Waals surface area contributed by atoms with Crippen LogP contribution in [0, 0.1) is 22.7 Å². The summed E-state index contributed by atoms with van der Waals surface area (Å²) in [7, 11) is 1.38. The maximum absolute atomic E-state index is 8.71. The van der Waals surface area contributed by atoms with Gasteiger partial charge in [0.05, 0.1) is 17.2 Å². The first kappa shape index (κ1) is 14.9. The van der Waals surface area contributed by atoms with Crippen LogP contribution in [0.2, 0.25) is 10.0 Å². The molecule has 1 N–H and O–H groups in total. The Kier molecular flexibility index (Phi) is 5.75. The molecule has 0 fully saturated rings. The molecule has 0 saturated carbocycles. The lowest BCUT2D eigenvalue weighted by Crippen LogP contribution is -1.92. The molecule has 4 nitrogen and oxygen atoms in total. The average Bonchev–Trinajstić information content (AvgIpc) is 2.42. The highest BCUT2D eigenvalue weighted by Gasteiger charge is 2.02. The number of allylic oxidation sites excluding steroid dienone is 2. The van der Waals surface area contributed by atoms with E-state index in [0.29, 0.717) is 10.0 Å². The van der Waals surface area contributed by atoms with Crippen LogP contribution in [0.5, 0.6) is 0 Å². The summed E-state index contributed by atoms with van der Waals surface area (Å²) in [4.78, 5) is 0. The quantitative estimate of drug-likeness (QED) is 0.520. The second-order valence-corrected chi connectivity index (χ2v) is 4.09. The van der Waals surface area contributed by atoms with Gasteiger partial charge in [0.1, 0.15) is 17.9 Å². The van der Waals surface area contributed by atoms with Gasteiger partial charge in [-0.3, -0.25) is 0 Å². The van der Waals surface area contributed by atoms with Crippen molar-refractivity contribution in [2.24, 2.45) is 0 Å². The molecule has 0 radical (unpaired) electrons. The molecular formula is C13H9Cl2N3O. The molecule has 6 heteroatoms. The molecule has 1 aromatic rings.